The quantitative estimate of drug-likeness (QED) is 0.144. The van der Waals surface area contributed by atoms with E-state index in [2.05, 4.69) is 228 Å². The van der Waals surface area contributed by atoms with Crippen LogP contribution in [0.3, 0.4) is 0 Å². The summed E-state index contributed by atoms with van der Waals surface area (Å²) in [5, 5.41) is 8.86. The number of para-hydroxylation sites is 5. The van der Waals surface area contributed by atoms with Gasteiger partial charge in [-0.05, 0) is 214 Å². The van der Waals surface area contributed by atoms with Crippen LogP contribution in [-0.4, -0.2) is 4.57 Å². The minimum atomic E-state index is -0.973. The van der Waals surface area contributed by atoms with E-state index in [1.54, 1.807) is 24.3 Å². The maximum absolute atomic E-state index is 15.6. The van der Waals surface area contributed by atoms with Crippen molar-refractivity contribution in [3.63, 3.8) is 0 Å². The Labute approximate surface area is 551 Å². The van der Waals surface area contributed by atoms with Gasteiger partial charge in [0.1, 0.15) is 17.2 Å². The predicted molar refractivity (Wildman–Crippen MR) is 390 cm³/mol. The van der Waals surface area contributed by atoms with E-state index in [0.717, 1.165) is 135 Å². The smallest absolute Gasteiger partial charge is 0.159 e. The van der Waals surface area contributed by atoms with Gasteiger partial charge < -0.3 is 18.8 Å². The van der Waals surface area contributed by atoms with Gasteiger partial charge in [0.15, 0.2) is 5.58 Å². The molecule has 2 saturated carbocycles. The van der Waals surface area contributed by atoms with E-state index in [1.807, 2.05) is 24.3 Å². The second-order valence-electron chi connectivity index (χ2n) is 27.3. The average molecular weight is 1230 g/mol. The van der Waals surface area contributed by atoms with E-state index in [-0.39, 0.29) is 11.6 Å². The van der Waals surface area contributed by atoms with Crippen molar-refractivity contribution in [3.05, 3.63) is 305 Å². The van der Waals surface area contributed by atoms with Crippen LogP contribution in [0.1, 0.15) is 121 Å². The van der Waals surface area contributed by atoms with Crippen LogP contribution >= 0.6 is 0 Å². The monoisotopic (exact) mass is 1230 g/mol. The molecule has 13 aromatic carbocycles. The van der Waals surface area contributed by atoms with Crippen molar-refractivity contribution in [3.8, 4) is 27.9 Å². The molecule has 1 spiro atoms. The molecule has 1 atom stereocenters. The number of anilines is 6. The average Bonchev–Trinajstić information content (AvgIpc) is 1.42. The summed E-state index contributed by atoms with van der Waals surface area (Å²) in [4.78, 5) is 4.76. The zero-order valence-electron chi connectivity index (χ0n) is 53.4. The molecule has 4 aliphatic rings. The zero-order valence-corrected chi connectivity index (χ0v) is 53.4. The second kappa shape index (κ2) is 21.8. The summed E-state index contributed by atoms with van der Waals surface area (Å²) in [5.41, 5.74) is 24.3. The van der Waals surface area contributed by atoms with Gasteiger partial charge in [-0.15, -0.1) is 0 Å². The number of hydrogen-bond acceptors (Lipinski definition) is 3. The summed E-state index contributed by atoms with van der Waals surface area (Å²) < 4.78 is 41.2. The van der Waals surface area contributed by atoms with Crippen LogP contribution in [0.15, 0.2) is 253 Å². The largest absolute Gasteiger partial charge is 0.454 e. The van der Waals surface area contributed by atoms with Crippen LogP contribution in [-0.2, 0) is 5.41 Å². The molecule has 0 N–H and O–H groups in total. The molecule has 1 aliphatic heterocycles. The van der Waals surface area contributed by atoms with Crippen molar-refractivity contribution in [2.45, 2.75) is 95.3 Å². The molecule has 460 valence electrons. The van der Waals surface area contributed by atoms with Gasteiger partial charge in [0.2, 0.25) is 0 Å². The fraction of sp³-hybridized carbons (Fsp3) is 0.169. The second-order valence-corrected chi connectivity index (χ2v) is 27.3. The van der Waals surface area contributed by atoms with Crippen LogP contribution in [0.5, 0.6) is 0 Å². The number of rotatable bonds is 9. The van der Waals surface area contributed by atoms with Crippen molar-refractivity contribution in [2.24, 2.45) is 0 Å². The van der Waals surface area contributed by atoms with Crippen molar-refractivity contribution < 1.29 is 13.2 Å². The first-order valence-corrected chi connectivity index (χ1v) is 34.3. The van der Waals surface area contributed by atoms with Gasteiger partial charge in [0, 0.05) is 49.4 Å². The summed E-state index contributed by atoms with van der Waals surface area (Å²) in [7, 11) is 0. The van der Waals surface area contributed by atoms with Gasteiger partial charge in [-0.25, -0.2) is 8.78 Å². The first-order valence-electron chi connectivity index (χ1n) is 34.3. The first-order chi connectivity index (χ1) is 46.8. The van der Waals surface area contributed by atoms with E-state index in [1.165, 1.54) is 101 Å². The van der Waals surface area contributed by atoms with Crippen LogP contribution in [0.25, 0.3) is 93.2 Å². The Morgan fingerprint density at radius 2 is 0.832 bits per heavy atom. The molecule has 15 aromatic rings. The normalized spacial score (nSPS) is 16.2. The van der Waals surface area contributed by atoms with Gasteiger partial charge in [-0.1, -0.05) is 202 Å². The summed E-state index contributed by atoms with van der Waals surface area (Å²) in [5.74, 6) is 0.388. The summed E-state index contributed by atoms with van der Waals surface area (Å²) in [6, 6.07) is 88.9. The number of halogens is 2. The molecule has 2 fully saturated rings. The van der Waals surface area contributed by atoms with Gasteiger partial charge in [-0.2, -0.15) is 0 Å². The lowest BCUT2D eigenvalue weighted by Gasteiger charge is -2.40. The maximum Gasteiger partial charge on any atom is 0.159 e. The molecule has 0 saturated heterocycles. The summed E-state index contributed by atoms with van der Waals surface area (Å²) >= 11 is 0. The SMILES string of the molecule is Cc1c(-c2cccc(N(c3ccc(F)cc3)c3cc4c(c5ccccc35)-c3c(cc(N(c5ccc(F)cc5)c5cccc6c5oc5c(C7CCCCC7)cccc56)c5ccccc35)C43c4ccccc4-n4c5ccccc5c5cccc3c54)c2C)cccc1C1CCCCC1. The Kier molecular flexibility index (Phi) is 12.8. The third-order valence-electron chi connectivity index (χ3n) is 22.5. The molecule has 19 rings (SSSR count). The van der Waals surface area contributed by atoms with Gasteiger partial charge in [-0.3, -0.25) is 0 Å². The minimum absolute atomic E-state index is 0.289. The standard InChI is InChI=1S/C89H69F2N3O/c1-54-62(56-22-5-3-6-23-56)31-17-32-63(54)64-33-20-42-78(55(64)2)92(60-48-44-58(90)45-49-60)82-52-76-84(69-29-11-9-26-66(69)82)85-70-30-12-10-27-67(70)83(53-77(85)89(76)74-38-14-16-41-80(74)94-79-40-15-13-28-68(79)71-35-19-39-75(89)86(71)94)93(61-50-46-59(91)47-51-61)81-43-21-37-73-72-36-18-34-65(87(72)95-88(73)81)57-24-7-4-8-25-57/h9-21,26-53,56-57H,3-8,22-25H2,1-2H3. The van der Waals surface area contributed by atoms with Gasteiger partial charge in [0.05, 0.1) is 39.2 Å². The lowest BCUT2D eigenvalue weighted by molar-refractivity contribution is 0.442. The number of aromatic nitrogens is 1. The Balaban J connectivity index is 0.935. The summed E-state index contributed by atoms with van der Waals surface area (Å²) in [6.45, 7) is 4.61. The van der Waals surface area contributed by atoms with Crippen molar-refractivity contribution in [1.29, 1.82) is 0 Å². The molecule has 3 aliphatic carbocycles. The number of nitrogens with zero attached hydrogens (tertiary/aromatic N) is 3. The van der Waals surface area contributed by atoms with E-state index in [0.29, 0.717) is 11.8 Å². The van der Waals surface area contributed by atoms with Crippen LogP contribution in [0.4, 0.5) is 42.9 Å². The highest BCUT2D eigenvalue weighted by Crippen LogP contribution is 2.66. The molecule has 0 bridgehead atoms. The molecule has 95 heavy (non-hydrogen) atoms. The Morgan fingerprint density at radius 3 is 1.48 bits per heavy atom. The molecule has 1 unspecified atom stereocenters. The Morgan fingerprint density at radius 1 is 0.368 bits per heavy atom. The zero-order chi connectivity index (χ0) is 63.2. The van der Waals surface area contributed by atoms with E-state index in [4.69, 9.17) is 4.42 Å². The highest BCUT2D eigenvalue weighted by atomic mass is 19.1. The van der Waals surface area contributed by atoms with Gasteiger partial charge >= 0.3 is 0 Å². The molecular weight excluding hydrogens is 1160 g/mol. The van der Waals surface area contributed by atoms with Crippen LogP contribution in [0.2, 0.25) is 0 Å². The Hall–Kier alpha value is -10.6. The van der Waals surface area contributed by atoms with E-state index >= 15 is 8.78 Å². The molecule has 0 amide bonds. The third kappa shape index (κ3) is 8.22. The van der Waals surface area contributed by atoms with Crippen molar-refractivity contribution in [2.75, 3.05) is 9.80 Å². The lowest BCUT2D eigenvalue weighted by Crippen LogP contribution is -2.34. The number of benzene rings is 13. The fourth-order valence-corrected chi connectivity index (χ4v) is 18.3. The first kappa shape index (κ1) is 56.0. The molecule has 2 aromatic heterocycles. The van der Waals surface area contributed by atoms with Crippen molar-refractivity contribution >= 4 is 99.4 Å². The number of fused-ring (bicyclic) bond motifs is 19. The van der Waals surface area contributed by atoms with E-state index in [9.17, 15) is 0 Å². The lowest BCUT2D eigenvalue weighted by atomic mass is 9.65. The maximum atomic E-state index is 15.6. The molecule has 3 heterocycles. The number of hydrogen-bond donors (Lipinski definition) is 0. The van der Waals surface area contributed by atoms with Crippen molar-refractivity contribution in [1.82, 2.24) is 4.57 Å². The highest BCUT2D eigenvalue weighted by molar-refractivity contribution is 6.21. The molecule has 4 nitrogen and oxygen atoms in total. The molecule has 6 heteroatoms. The summed E-state index contributed by atoms with van der Waals surface area (Å²) in [6.07, 6.45) is 12.3. The van der Waals surface area contributed by atoms with E-state index < -0.39 is 5.41 Å². The molecule has 0 radical (unpaired) electrons. The third-order valence-corrected chi connectivity index (χ3v) is 22.5. The molecular formula is C89H69F2N3O. The van der Waals surface area contributed by atoms with Gasteiger partial charge in [0.25, 0.3) is 0 Å². The minimum Gasteiger partial charge on any atom is -0.454 e. The Bertz CT molecular complexity index is 5650. The number of furan rings is 1. The topological polar surface area (TPSA) is 24.6 Å². The highest BCUT2D eigenvalue weighted by Gasteiger charge is 2.53. The van der Waals surface area contributed by atoms with Crippen LogP contribution < -0.4 is 9.80 Å². The predicted octanol–water partition coefficient (Wildman–Crippen LogP) is 25.3. The van der Waals surface area contributed by atoms with Crippen LogP contribution in [0, 0.1) is 25.5 Å². The fourth-order valence-electron chi connectivity index (χ4n) is 18.3.